The second-order valence-electron chi connectivity index (χ2n) is 6.49. The summed E-state index contributed by atoms with van der Waals surface area (Å²) < 4.78 is 6.88. The van der Waals surface area contributed by atoms with Crippen LogP contribution >= 0.6 is 15.9 Å². The van der Waals surface area contributed by atoms with Crippen molar-refractivity contribution in [3.8, 4) is 22.8 Å². The van der Waals surface area contributed by atoms with Gasteiger partial charge in [-0.3, -0.25) is 4.79 Å². The Morgan fingerprint density at radius 1 is 0.897 bits per heavy atom. The first-order chi connectivity index (χ1) is 14.1. The van der Waals surface area contributed by atoms with Crippen LogP contribution in [0.5, 0.6) is 11.6 Å². The van der Waals surface area contributed by atoms with Crippen molar-refractivity contribution < 1.29 is 14.6 Å². The quantitative estimate of drug-likeness (QED) is 0.399. The maximum Gasteiger partial charge on any atom is 0.303 e. The SMILES string of the molecule is O=C(O)CCc1nc2cc(Br)ccc2nc1Oc1ccc(-c2ccccc2)cc1. The second kappa shape index (κ2) is 8.41. The number of ether oxygens (including phenoxy) is 1. The maximum absolute atomic E-state index is 11.0. The van der Waals surface area contributed by atoms with Crippen LogP contribution in [0.3, 0.4) is 0 Å². The van der Waals surface area contributed by atoms with Gasteiger partial charge >= 0.3 is 5.97 Å². The zero-order chi connectivity index (χ0) is 20.2. The highest BCUT2D eigenvalue weighted by Gasteiger charge is 2.13. The number of fused-ring (bicyclic) bond motifs is 1. The Labute approximate surface area is 176 Å². The van der Waals surface area contributed by atoms with Crippen LogP contribution in [0, 0.1) is 0 Å². The Bertz CT molecular complexity index is 1160. The summed E-state index contributed by atoms with van der Waals surface area (Å²) in [6.45, 7) is 0. The molecule has 0 aliphatic heterocycles. The summed E-state index contributed by atoms with van der Waals surface area (Å²) in [4.78, 5) is 20.2. The van der Waals surface area contributed by atoms with E-state index < -0.39 is 5.97 Å². The highest BCUT2D eigenvalue weighted by molar-refractivity contribution is 9.10. The molecule has 0 radical (unpaired) electrons. The minimum absolute atomic E-state index is 0.0442. The van der Waals surface area contributed by atoms with Gasteiger partial charge in [-0.25, -0.2) is 9.97 Å². The molecule has 4 aromatic rings. The summed E-state index contributed by atoms with van der Waals surface area (Å²) in [7, 11) is 0. The Hall–Kier alpha value is -3.25. The van der Waals surface area contributed by atoms with E-state index >= 15 is 0 Å². The number of nitrogens with zero attached hydrogens (tertiary/aromatic N) is 2. The van der Waals surface area contributed by atoms with Crippen LogP contribution in [0.25, 0.3) is 22.2 Å². The van der Waals surface area contributed by atoms with Crippen molar-refractivity contribution >= 4 is 32.9 Å². The third-order valence-electron chi connectivity index (χ3n) is 4.41. The molecule has 3 aromatic carbocycles. The number of hydrogen-bond donors (Lipinski definition) is 1. The molecule has 5 nitrogen and oxygen atoms in total. The molecule has 0 saturated heterocycles. The van der Waals surface area contributed by atoms with Gasteiger partial charge in [0.05, 0.1) is 17.5 Å². The number of benzene rings is 3. The van der Waals surface area contributed by atoms with E-state index in [2.05, 4.69) is 25.9 Å². The third kappa shape index (κ3) is 4.60. The number of aliphatic carboxylic acids is 1. The van der Waals surface area contributed by atoms with Crippen LogP contribution in [0.1, 0.15) is 12.1 Å². The molecular weight excluding hydrogens is 432 g/mol. The van der Waals surface area contributed by atoms with Gasteiger partial charge in [-0.2, -0.15) is 0 Å². The van der Waals surface area contributed by atoms with Crippen LogP contribution in [0.15, 0.2) is 77.3 Å². The van der Waals surface area contributed by atoms with Crippen LogP contribution in [-0.4, -0.2) is 21.0 Å². The Morgan fingerprint density at radius 3 is 2.34 bits per heavy atom. The third-order valence-corrected chi connectivity index (χ3v) is 4.91. The standard InChI is InChI=1S/C23H17BrN2O3/c24-17-8-11-19-21(14-17)25-20(12-13-22(27)28)23(26-19)29-18-9-6-16(7-10-18)15-4-2-1-3-5-15/h1-11,14H,12-13H2,(H,27,28). The highest BCUT2D eigenvalue weighted by Crippen LogP contribution is 2.29. The van der Waals surface area contributed by atoms with Crippen molar-refractivity contribution in [2.45, 2.75) is 12.8 Å². The average molecular weight is 449 g/mol. The largest absolute Gasteiger partial charge is 0.481 e. The van der Waals surface area contributed by atoms with Crippen molar-refractivity contribution in [3.63, 3.8) is 0 Å². The Balaban J connectivity index is 1.65. The fourth-order valence-electron chi connectivity index (χ4n) is 2.98. The molecule has 1 aromatic heterocycles. The van der Waals surface area contributed by atoms with Gasteiger partial charge in [-0.1, -0.05) is 58.4 Å². The van der Waals surface area contributed by atoms with Crippen LogP contribution in [0.4, 0.5) is 0 Å². The van der Waals surface area contributed by atoms with Crippen LogP contribution < -0.4 is 4.74 Å². The molecule has 1 N–H and O–H groups in total. The lowest BCUT2D eigenvalue weighted by atomic mass is 10.1. The highest BCUT2D eigenvalue weighted by atomic mass is 79.9. The van der Waals surface area contributed by atoms with Gasteiger partial charge in [-0.15, -0.1) is 0 Å². The normalized spacial score (nSPS) is 10.8. The molecule has 4 rings (SSSR count). The van der Waals surface area contributed by atoms with E-state index in [0.717, 1.165) is 15.6 Å². The predicted molar refractivity (Wildman–Crippen MR) is 115 cm³/mol. The van der Waals surface area contributed by atoms with E-state index in [0.29, 0.717) is 28.4 Å². The topological polar surface area (TPSA) is 72.3 Å². The van der Waals surface area contributed by atoms with Gasteiger partial charge in [0.2, 0.25) is 5.88 Å². The molecule has 6 heteroatoms. The molecule has 0 spiro atoms. The fourth-order valence-corrected chi connectivity index (χ4v) is 3.32. The first-order valence-electron chi connectivity index (χ1n) is 9.10. The number of carbonyl (C=O) groups is 1. The van der Waals surface area contributed by atoms with Gasteiger partial charge in [0.1, 0.15) is 11.4 Å². The summed E-state index contributed by atoms with van der Waals surface area (Å²) in [5.74, 6) is 0.0554. The first kappa shape index (κ1) is 19.1. The lowest BCUT2D eigenvalue weighted by Crippen LogP contribution is -2.04. The van der Waals surface area contributed by atoms with Crippen molar-refractivity contribution in [1.82, 2.24) is 9.97 Å². The lowest BCUT2D eigenvalue weighted by molar-refractivity contribution is -0.136. The van der Waals surface area contributed by atoms with E-state index in [1.807, 2.05) is 72.8 Å². The first-order valence-corrected chi connectivity index (χ1v) is 9.89. The Morgan fingerprint density at radius 2 is 1.62 bits per heavy atom. The molecule has 144 valence electrons. The average Bonchev–Trinajstić information content (AvgIpc) is 2.73. The van der Waals surface area contributed by atoms with Gasteiger partial charge < -0.3 is 9.84 Å². The maximum atomic E-state index is 11.0. The molecular formula is C23H17BrN2O3. The van der Waals surface area contributed by atoms with E-state index in [4.69, 9.17) is 9.84 Å². The summed E-state index contributed by atoms with van der Waals surface area (Å²) >= 11 is 3.42. The van der Waals surface area contributed by atoms with Crippen molar-refractivity contribution in [2.24, 2.45) is 0 Å². The number of rotatable bonds is 6. The van der Waals surface area contributed by atoms with E-state index in [-0.39, 0.29) is 12.8 Å². The molecule has 1 heterocycles. The van der Waals surface area contributed by atoms with E-state index in [1.54, 1.807) is 0 Å². The summed E-state index contributed by atoms with van der Waals surface area (Å²) in [5, 5.41) is 9.06. The minimum Gasteiger partial charge on any atom is -0.481 e. The fraction of sp³-hybridized carbons (Fsp3) is 0.0870. The molecule has 0 atom stereocenters. The van der Waals surface area contributed by atoms with Crippen molar-refractivity contribution in [2.75, 3.05) is 0 Å². The van der Waals surface area contributed by atoms with Gasteiger partial charge in [0, 0.05) is 10.9 Å². The number of aryl methyl sites for hydroxylation is 1. The zero-order valence-corrected chi connectivity index (χ0v) is 17.0. The lowest BCUT2D eigenvalue weighted by Gasteiger charge is -2.11. The number of halogens is 1. The number of hydrogen-bond acceptors (Lipinski definition) is 4. The summed E-state index contributed by atoms with van der Waals surface area (Å²) in [6.07, 6.45) is 0.194. The monoisotopic (exact) mass is 448 g/mol. The van der Waals surface area contributed by atoms with Gasteiger partial charge in [0.25, 0.3) is 0 Å². The summed E-state index contributed by atoms with van der Waals surface area (Å²) in [5.41, 5.74) is 4.09. The molecule has 0 amide bonds. The molecule has 0 saturated carbocycles. The molecule has 0 bridgehead atoms. The van der Waals surface area contributed by atoms with Crippen LogP contribution in [0.2, 0.25) is 0 Å². The van der Waals surface area contributed by atoms with Crippen LogP contribution in [-0.2, 0) is 11.2 Å². The molecule has 0 unspecified atom stereocenters. The minimum atomic E-state index is -0.890. The molecule has 29 heavy (non-hydrogen) atoms. The van der Waals surface area contributed by atoms with Gasteiger partial charge in [-0.05, 0) is 41.5 Å². The number of carboxylic acid groups (broad SMARTS) is 1. The molecule has 0 aliphatic carbocycles. The second-order valence-corrected chi connectivity index (χ2v) is 7.41. The summed E-state index contributed by atoms with van der Waals surface area (Å²) in [6, 6.07) is 23.4. The molecule has 0 aliphatic rings. The van der Waals surface area contributed by atoms with Gasteiger partial charge in [0.15, 0.2) is 0 Å². The number of carboxylic acids is 1. The van der Waals surface area contributed by atoms with Crippen molar-refractivity contribution in [1.29, 1.82) is 0 Å². The van der Waals surface area contributed by atoms with E-state index in [1.165, 1.54) is 0 Å². The van der Waals surface area contributed by atoms with Crippen molar-refractivity contribution in [3.05, 3.63) is 83.0 Å². The predicted octanol–water partition coefficient (Wildman–Crippen LogP) is 5.87. The number of aromatic nitrogens is 2. The molecule has 0 fully saturated rings. The zero-order valence-electron chi connectivity index (χ0n) is 15.4. The smallest absolute Gasteiger partial charge is 0.303 e. The Kier molecular flexibility index (Phi) is 5.53. The van der Waals surface area contributed by atoms with E-state index in [9.17, 15) is 4.79 Å².